The highest BCUT2D eigenvalue weighted by molar-refractivity contribution is 5.86. The molecule has 6 heteroatoms. The van der Waals surface area contributed by atoms with E-state index in [1.807, 2.05) is 35.4 Å². The van der Waals surface area contributed by atoms with Crippen molar-refractivity contribution in [2.75, 3.05) is 26.7 Å². The van der Waals surface area contributed by atoms with Crippen LogP contribution in [0.15, 0.2) is 73.2 Å². The van der Waals surface area contributed by atoms with Crippen LogP contribution in [0.3, 0.4) is 0 Å². The third-order valence-corrected chi connectivity index (χ3v) is 5.95. The summed E-state index contributed by atoms with van der Waals surface area (Å²) < 4.78 is 0. The van der Waals surface area contributed by atoms with Gasteiger partial charge in [-0.2, -0.15) is 0 Å². The average molecular weight is 412 g/mol. The fourth-order valence-corrected chi connectivity index (χ4v) is 4.24. The summed E-state index contributed by atoms with van der Waals surface area (Å²) in [5, 5.41) is 2.41. The predicted molar refractivity (Wildman–Crippen MR) is 121 cm³/mol. The van der Waals surface area contributed by atoms with Gasteiger partial charge in [-0.25, -0.2) is 4.98 Å². The van der Waals surface area contributed by atoms with Crippen molar-refractivity contribution < 1.29 is 4.79 Å². The topological polar surface area (TPSA) is 65.1 Å². The van der Waals surface area contributed by atoms with Crippen molar-refractivity contribution in [1.82, 2.24) is 24.8 Å². The summed E-state index contributed by atoms with van der Waals surface area (Å²) >= 11 is 0. The van der Waals surface area contributed by atoms with Gasteiger partial charge in [0.1, 0.15) is 11.9 Å². The van der Waals surface area contributed by atoms with E-state index in [4.69, 9.17) is 0 Å². The van der Waals surface area contributed by atoms with Crippen LogP contribution in [0.4, 0.5) is 0 Å². The van der Waals surface area contributed by atoms with E-state index in [2.05, 4.69) is 57.2 Å². The predicted octanol–water partition coefficient (Wildman–Crippen LogP) is 3.68. The Balaban J connectivity index is 1.41. The molecule has 3 heterocycles. The standard InChI is InChI=1S/C25H25N5O/c1-29-11-12-30(24(31)13-18-5-4-10-26-15-18)23(17-29)25-27-16-22(28-25)21-9-8-19-6-2-3-7-20(19)14-21/h2-10,14-16,23H,11-13,17H2,1H3,(H,27,28). The van der Waals surface area contributed by atoms with Crippen LogP contribution in [-0.2, 0) is 11.2 Å². The van der Waals surface area contributed by atoms with Crippen LogP contribution in [0.1, 0.15) is 17.4 Å². The SMILES string of the molecule is CN1CCN(C(=O)Cc2cccnc2)C(c2ncc(-c3ccc4ccccc4c3)[nH]2)C1. The number of imidazole rings is 1. The molecule has 2 aromatic carbocycles. The first-order valence-corrected chi connectivity index (χ1v) is 10.6. The number of hydrogen-bond acceptors (Lipinski definition) is 4. The Kier molecular flexibility index (Phi) is 5.22. The first kappa shape index (κ1) is 19.5. The first-order chi connectivity index (χ1) is 15.2. The van der Waals surface area contributed by atoms with Crippen molar-refractivity contribution in [3.63, 3.8) is 0 Å². The van der Waals surface area contributed by atoms with Crippen LogP contribution in [0.2, 0.25) is 0 Å². The van der Waals surface area contributed by atoms with E-state index < -0.39 is 0 Å². The highest BCUT2D eigenvalue weighted by atomic mass is 16.2. The molecular formula is C25H25N5O. The fourth-order valence-electron chi connectivity index (χ4n) is 4.24. The number of aromatic nitrogens is 3. The number of H-pyrrole nitrogens is 1. The smallest absolute Gasteiger partial charge is 0.227 e. The van der Waals surface area contributed by atoms with E-state index in [1.54, 1.807) is 12.4 Å². The molecule has 1 fully saturated rings. The fraction of sp³-hybridized carbons (Fsp3) is 0.240. The zero-order valence-electron chi connectivity index (χ0n) is 17.5. The molecule has 1 saturated heterocycles. The number of piperazine rings is 1. The summed E-state index contributed by atoms with van der Waals surface area (Å²) in [4.78, 5) is 29.6. The molecule has 2 aromatic heterocycles. The van der Waals surface area contributed by atoms with Crippen LogP contribution in [-0.4, -0.2) is 57.3 Å². The maximum atomic E-state index is 13.1. The Morgan fingerprint density at radius 2 is 1.94 bits per heavy atom. The zero-order valence-corrected chi connectivity index (χ0v) is 17.5. The van der Waals surface area contributed by atoms with Gasteiger partial charge in [0.25, 0.3) is 0 Å². The number of amides is 1. The van der Waals surface area contributed by atoms with Crippen molar-refractivity contribution in [2.45, 2.75) is 12.5 Å². The Hall–Kier alpha value is -3.51. The molecule has 0 spiro atoms. The van der Waals surface area contributed by atoms with E-state index in [9.17, 15) is 4.79 Å². The van der Waals surface area contributed by atoms with Gasteiger partial charge in [-0.1, -0.05) is 42.5 Å². The van der Waals surface area contributed by atoms with E-state index in [-0.39, 0.29) is 11.9 Å². The molecule has 6 nitrogen and oxygen atoms in total. The van der Waals surface area contributed by atoms with Crippen molar-refractivity contribution in [3.8, 4) is 11.3 Å². The number of pyridine rings is 1. The van der Waals surface area contributed by atoms with Crippen LogP contribution < -0.4 is 0 Å². The summed E-state index contributed by atoms with van der Waals surface area (Å²) in [5.74, 6) is 0.934. The number of hydrogen-bond donors (Lipinski definition) is 1. The Morgan fingerprint density at radius 3 is 2.77 bits per heavy atom. The molecular weight excluding hydrogens is 386 g/mol. The van der Waals surface area contributed by atoms with Crippen LogP contribution >= 0.6 is 0 Å². The lowest BCUT2D eigenvalue weighted by atomic mass is 10.1. The van der Waals surface area contributed by atoms with Gasteiger partial charge >= 0.3 is 0 Å². The molecule has 0 saturated carbocycles. The summed E-state index contributed by atoms with van der Waals surface area (Å²) in [6.45, 7) is 2.29. The van der Waals surface area contributed by atoms with Gasteiger partial charge in [-0.15, -0.1) is 0 Å². The van der Waals surface area contributed by atoms with Crippen molar-refractivity contribution in [1.29, 1.82) is 0 Å². The first-order valence-electron chi connectivity index (χ1n) is 10.6. The molecule has 1 aliphatic heterocycles. The highest BCUT2D eigenvalue weighted by Crippen LogP contribution is 2.28. The number of fused-ring (bicyclic) bond motifs is 1. The van der Waals surface area contributed by atoms with Crippen molar-refractivity contribution in [3.05, 3.63) is 84.6 Å². The number of benzene rings is 2. The summed E-state index contributed by atoms with van der Waals surface area (Å²) in [6.07, 6.45) is 5.71. The molecule has 1 N–H and O–H groups in total. The molecule has 31 heavy (non-hydrogen) atoms. The Labute approximate surface area is 181 Å². The van der Waals surface area contributed by atoms with Gasteiger partial charge in [-0.05, 0) is 35.5 Å². The lowest BCUT2D eigenvalue weighted by Crippen LogP contribution is -2.50. The molecule has 0 bridgehead atoms. The van der Waals surface area contributed by atoms with Gasteiger partial charge in [-0.3, -0.25) is 9.78 Å². The van der Waals surface area contributed by atoms with Crippen LogP contribution in [0.25, 0.3) is 22.0 Å². The molecule has 1 atom stereocenters. The minimum atomic E-state index is -0.0999. The second-order valence-corrected chi connectivity index (χ2v) is 8.15. The molecule has 5 rings (SSSR count). The van der Waals surface area contributed by atoms with Crippen LogP contribution in [0, 0.1) is 0 Å². The number of carbonyl (C=O) groups is 1. The minimum Gasteiger partial charge on any atom is -0.340 e. The quantitative estimate of drug-likeness (QED) is 0.556. The highest BCUT2D eigenvalue weighted by Gasteiger charge is 2.32. The molecule has 0 aliphatic carbocycles. The maximum Gasteiger partial charge on any atom is 0.227 e. The lowest BCUT2D eigenvalue weighted by molar-refractivity contribution is -0.135. The number of aromatic amines is 1. The lowest BCUT2D eigenvalue weighted by Gasteiger charge is -2.39. The third kappa shape index (κ3) is 4.07. The van der Waals surface area contributed by atoms with E-state index in [0.717, 1.165) is 35.7 Å². The average Bonchev–Trinajstić information content (AvgIpc) is 3.29. The zero-order chi connectivity index (χ0) is 21.2. The molecule has 1 aliphatic rings. The third-order valence-electron chi connectivity index (χ3n) is 5.95. The van der Waals surface area contributed by atoms with Gasteiger partial charge in [0.2, 0.25) is 5.91 Å². The second kappa shape index (κ2) is 8.32. The summed E-state index contributed by atoms with van der Waals surface area (Å²) in [7, 11) is 2.09. The van der Waals surface area contributed by atoms with Gasteiger partial charge in [0, 0.05) is 37.6 Å². The van der Waals surface area contributed by atoms with Gasteiger partial charge in [0.05, 0.1) is 18.3 Å². The summed E-state index contributed by atoms with van der Waals surface area (Å²) in [5.41, 5.74) is 2.99. The second-order valence-electron chi connectivity index (χ2n) is 8.15. The monoisotopic (exact) mass is 411 g/mol. The van der Waals surface area contributed by atoms with Crippen molar-refractivity contribution >= 4 is 16.7 Å². The summed E-state index contributed by atoms with van der Waals surface area (Å²) in [6, 6.07) is 18.4. The number of carbonyl (C=O) groups excluding carboxylic acids is 1. The Bertz CT molecular complexity index is 1200. The molecule has 4 aromatic rings. The molecule has 1 unspecified atom stereocenters. The van der Waals surface area contributed by atoms with Gasteiger partial charge < -0.3 is 14.8 Å². The Morgan fingerprint density at radius 1 is 1.06 bits per heavy atom. The normalized spacial score (nSPS) is 17.2. The van der Waals surface area contributed by atoms with E-state index in [0.29, 0.717) is 13.0 Å². The molecule has 156 valence electrons. The number of nitrogens with one attached hydrogen (secondary N) is 1. The van der Waals surface area contributed by atoms with Crippen molar-refractivity contribution in [2.24, 2.45) is 0 Å². The largest absolute Gasteiger partial charge is 0.340 e. The van der Waals surface area contributed by atoms with E-state index in [1.165, 1.54) is 10.8 Å². The van der Waals surface area contributed by atoms with Crippen LogP contribution in [0.5, 0.6) is 0 Å². The maximum absolute atomic E-state index is 13.1. The number of rotatable bonds is 4. The molecule has 0 radical (unpaired) electrons. The number of nitrogens with zero attached hydrogens (tertiary/aromatic N) is 4. The number of likely N-dealkylation sites (N-methyl/N-ethyl adjacent to an activating group) is 1. The van der Waals surface area contributed by atoms with E-state index >= 15 is 0 Å². The minimum absolute atomic E-state index is 0.0999. The van der Waals surface area contributed by atoms with Gasteiger partial charge in [0.15, 0.2) is 0 Å². The molecule has 1 amide bonds.